The first-order chi connectivity index (χ1) is 11.2. The third-order valence-electron chi connectivity index (χ3n) is 3.97. The van der Waals surface area contributed by atoms with E-state index in [9.17, 15) is 4.79 Å². The quantitative estimate of drug-likeness (QED) is 0.859. The van der Waals surface area contributed by atoms with E-state index >= 15 is 0 Å². The Bertz CT molecular complexity index is 673. The first kappa shape index (κ1) is 15.4. The summed E-state index contributed by atoms with van der Waals surface area (Å²) in [5, 5.41) is 6.87. The molecule has 1 atom stereocenters. The third kappa shape index (κ3) is 3.15. The number of aromatic nitrogens is 5. The second-order valence-electron chi connectivity index (χ2n) is 5.47. The highest BCUT2D eigenvalue weighted by molar-refractivity contribution is 5.90. The topological polar surface area (TPSA) is 96.9 Å². The van der Waals surface area contributed by atoms with Gasteiger partial charge in [0.25, 0.3) is 0 Å². The predicted molar refractivity (Wildman–Crippen MR) is 83.0 cm³/mol. The van der Waals surface area contributed by atoms with Crippen LogP contribution in [0.4, 0.5) is 5.95 Å². The lowest BCUT2D eigenvalue weighted by molar-refractivity contribution is 0.0524. The number of rotatable bonds is 4. The Kier molecular flexibility index (Phi) is 4.50. The molecule has 8 heteroatoms. The number of hydrogen-bond acceptors (Lipinski definition) is 7. The van der Waals surface area contributed by atoms with Crippen LogP contribution >= 0.6 is 0 Å². The van der Waals surface area contributed by atoms with Crippen molar-refractivity contribution < 1.29 is 9.53 Å². The van der Waals surface area contributed by atoms with Gasteiger partial charge in [-0.2, -0.15) is 5.10 Å². The highest BCUT2D eigenvalue weighted by Gasteiger charge is 2.28. The van der Waals surface area contributed by atoms with E-state index in [4.69, 9.17) is 4.74 Å². The number of ether oxygens (including phenoxy) is 1. The first-order valence-corrected chi connectivity index (χ1v) is 7.83. The minimum atomic E-state index is -0.387. The van der Waals surface area contributed by atoms with Crippen molar-refractivity contribution >= 4 is 11.9 Å². The van der Waals surface area contributed by atoms with Gasteiger partial charge in [0.15, 0.2) is 0 Å². The fourth-order valence-corrected chi connectivity index (χ4v) is 2.83. The fraction of sp³-hybridized carbons (Fsp3) is 0.533. The summed E-state index contributed by atoms with van der Waals surface area (Å²) in [6, 6.07) is 0.0825. The van der Waals surface area contributed by atoms with Crippen molar-refractivity contribution in [2.24, 2.45) is 0 Å². The van der Waals surface area contributed by atoms with E-state index in [1.807, 2.05) is 0 Å². The van der Waals surface area contributed by atoms with Gasteiger partial charge < -0.3 is 9.64 Å². The molecule has 3 heterocycles. The van der Waals surface area contributed by atoms with E-state index in [1.54, 1.807) is 20.0 Å². The van der Waals surface area contributed by atoms with E-state index in [0.717, 1.165) is 31.6 Å². The van der Waals surface area contributed by atoms with Crippen molar-refractivity contribution in [3.63, 3.8) is 0 Å². The maximum absolute atomic E-state index is 11.9. The number of carbonyl (C=O) groups is 1. The number of esters is 1. The van der Waals surface area contributed by atoms with Gasteiger partial charge in [-0.3, -0.25) is 5.10 Å². The minimum Gasteiger partial charge on any atom is -0.462 e. The normalized spacial score (nSPS) is 18.0. The Morgan fingerprint density at radius 3 is 3.00 bits per heavy atom. The maximum Gasteiger partial charge on any atom is 0.341 e. The molecule has 0 bridgehead atoms. The van der Waals surface area contributed by atoms with Crippen LogP contribution in [-0.2, 0) is 4.74 Å². The minimum absolute atomic E-state index is 0.0825. The summed E-state index contributed by atoms with van der Waals surface area (Å²) >= 11 is 0. The summed E-state index contributed by atoms with van der Waals surface area (Å²) in [6.07, 6.45) is 6.23. The van der Waals surface area contributed by atoms with E-state index in [1.165, 1.54) is 6.33 Å². The molecular formula is C15H20N6O2. The molecule has 0 aliphatic carbocycles. The third-order valence-corrected chi connectivity index (χ3v) is 3.97. The van der Waals surface area contributed by atoms with Gasteiger partial charge in [-0.15, -0.1) is 0 Å². The predicted octanol–water partition coefficient (Wildman–Crippen LogP) is 1.81. The number of hydrogen-bond donors (Lipinski definition) is 1. The molecule has 0 aromatic carbocycles. The molecule has 122 valence electrons. The molecule has 1 N–H and O–H groups in total. The SMILES string of the molecule is CCOC(=O)c1cnc(N2CCCC[C@@H]2c2ncn[nH]2)nc1C. The molecule has 2 aromatic rings. The van der Waals surface area contributed by atoms with Crippen molar-refractivity contribution in [1.82, 2.24) is 25.1 Å². The van der Waals surface area contributed by atoms with Gasteiger partial charge in [-0.1, -0.05) is 0 Å². The van der Waals surface area contributed by atoms with Crippen molar-refractivity contribution in [2.75, 3.05) is 18.1 Å². The summed E-state index contributed by atoms with van der Waals surface area (Å²) in [6.45, 7) is 4.76. The number of aryl methyl sites for hydroxylation is 1. The largest absolute Gasteiger partial charge is 0.462 e. The highest BCUT2D eigenvalue weighted by Crippen LogP contribution is 2.31. The highest BCUT2D eigenvalue weighted by atomic mass is 16.5. The standard InChI is InChI=1S/C15H20N6O2/c1-3-23-14(22)11-8-16-15(19-10(11)2)21-7-5-4-6-12(21)13-17-9-18-20-13/h8-9,12H,3-7H2,1-2H3,(H,17,18,20)/t12-/m1/s1. The number of carbonyl (C=O) groups excluding carboxylic acids is 1. The number of nitrogens with one attached hydrogen (secondary N) is 1. The van der Waals surface area contributed by atoms with Crippen LogP contribution in [0, 0.1) is 6.92 Å². The zero-order valence-electron chi connectivity index (χ0n) is 13.3. The van der Waals surface area contributed by atoms with Crippen molar-refractivity contribution in [3.05, 3.63) is 29.6 Å². The van der Waals surface area contributed by atoms with Crippen LogP contribution in [0.5, 0.6) is 0 Å². The molecule has 1 aliphatic rings. The molecule has 2 aromatic heterocycles. The summed E-state index contributed by atoms with van der Waals surface area (Å²) in [5.41, 5.74) is 1.03. The van der Waals surface area contributed by atoms with Gasteiger partial charge in [0, 0.05) is 12.7 Å². The van der Waals surface area contributed by atoms with Crippen molar-refractivity contribution in [3.8, 4) is 0 Å². The van der Waals surface area contributed by atoms with Crippen LogP contribution in [0.1, 0.15) is 54.1 Å². The van der Waals surface area contributed by atoms with Gasteiger partial charge in [0.05, 0.1) is 23.9 Å². The molecule has 1 saturated heterocycles. The Hall–Kier alpha value is -2.51. The van der Waals surface area contributed by atoms with Crippen molar-refractivity contribution in [2.45, 2.75) is 39.2 Å². The van der Waals surface area contributed by atoms with Crippen LogP contribution in [-0.4, -0.2) is 44.3 Å². The number of aromatic amines is 1. The first-order valence-electron chi connectivity index (χ1n) is 7.83. The Labute approximate surface area is 134 Å². The number of anilines is 1. The lowest BCUT2D eigenvalue weighted by Gasteiger charge is -2.34. The van der Waals surface area contributed by atoms with Crippen LogP contribution in [0.25, 0.3) is 0 Å². The number of piperidine rings is 1. The molecule has 1 aliphatic heterocycles. The van der Waals surface area contributed by atoms with Crippen LogP contribution in [0.3, 0.4) is 0 Å². The van der Waals surface area contributed by atoms with Gasteiger partial charge in [0.1, 0.15) is 12.2 Å². The maximum atomic E-state index is 11.9. The van der Waals surface area contributed by atoms with Crippen molar-refractivity contribution in [1.29, 1.82) is 0 Å². The lowest BCUT2D eigenvalue weighted by atomic mass is 10.0. The van der Waals surface area contributed by atoms with Crippen LogP contribution in [0.15, 0.2) is 12.5 Å². The number of H-pyrrole nitrogens is 1. The lowest BCUT2D eigenvalue weighted by Crippen LogP contribution is -2.35. The molecular weight excluding hydrogens is 296 g/mol. The summed E-state index contributed by atoms with van der Waals surface area (Å²) in [7, 11) is 0. The Balaban J connectivity index is 1.87. The Morgan fingerprint density at radius 2 is 2.30 bits per heavy atom. The van der Waals surface area contributed by atoms with Crippen LogP contribution < -0.4 is 4.90 Å². The summed E-state index contributed by atoms with van der Waals surface area (Å²) < 4.78 is 5.02. The molecule has 3 rings (SSSR count). The summed E-state index contributed by atoms with van der Waals surface area (Å²) in [5.74, 6) is 1.04. The van der Waals surface area contributed by atoms with Gasteiger partial charge in [0.2, 0.25) is 5.95 Å². The Morgan fingerprint density at radius 1 is 1.43 bits per heavy atom. The molecule has 0 saturated carbocycles. The van der Waals surface area contributed by atoms with Gasteiger partial charge in [-0.25, -0.2) is 19.7 Å². The second kappa shape index (κ2) is 6.72. The monoisotopic (exact) mass is 316 g/mol. The van der Waals surface area contributed by atoms with Gasteiger partial charge >= 0.3 is 5.97 Å². The van der Waals surface area contributed by atoms with E-state index in [2.05, 4.69) is 30.0 Å². The number of nitrogens with zero attached hydrogens (tertiary/aromatic N) is 5. The molecule has 1 fully saturated rings. The molecule has 8 nitrogen and oxygen atoms in total. The van der Waals surface area contributed by atoms with Crippen LogP contribution in [0.2, 0.25) is 0 Å². The zero-order valence-corrected chi connectivity index (χ0v) is 13.3. The van der Waals surface area contributed by atoms with E-state index < -0.39 is 0 Å². The average Bonchev–Trinajstić information content (AvgIpc) is 3.09. The summed E-state index contributed by atoms with van der Waals surface area (Å²) in [4.78, 5) is 27.1. The molecule has 23 heavy (non-hydrogen) atoms. The smallest absolute Gasteiger partial charge is 0.341 e. The van der Waals surface area contributed by atoms with E-state index in [-0.39, 0.29) is 12.0 Å². The van der Waals surface area contributed by atoms with Gasteiger partial charge in [-0.05, 0) is 33.1 Å². The average molecular weight is 316 g/mol. The fourth-order valence-electron chi connectivity index (χ4n) is 2.83. The molecule has 0 amide bonds. The molecule has 0 spiro atoms. The molecule has 0 radical (unpaired) electrons. The zero-order chi connectivity index (χ0) is 16.2. The second-order valence-corrected chi connectivity index (χ2v) is 5.47. The van der Waals surface area contributed by atoms with E-state index in [0.29, 0.717) is 23.8 Å². The molecule has 0 unspecified atom stereocenters.